The summed E-state index contributed by atoms with van der Waals surface area (Å²) >= 11 is 13.9. The molecule has 0 aliphatic carbocycles. The van der Waals surface area contributed by atoms with Crippen molar-refractivity contribution in [2.24, 2.45) is 5.92 Å². The lowest BCUT2D eigenvalue weighted by Gasteiger charge is -2.29. The molecule has 0 unspecified atom stereocenters. The topological polar surface area (TPSA) is 58.6 Å². The molecule has 2 amide bonds. The van der Waals surface area contributed by atoms with Crippen molar-refractivity contribution >= 4 is 46.8 Å². The molecular formula is C24H30Cl2N2O3S. The minimum atomic E-state index is -0.614. The third kappa shape index (κ3) is 7.91. The van der Waals surface area contributed by atoms with Crippen LogP contribution in [0.1, 0.15) is 31.9 Å². The SMILES string of the molecule is COc1cccc(CN(C(=O)CSCc2c(Cl)cccc2Cl)[C@H](C)C(=O)NCC(C)C)c1. The standard InChI is InChI=1S/C24H30Cl2N2O3S/c1-16(2)12-27-24(30)17(3)28(13-18-7-5-8-19(11-18)31-4)23(29)15-32-14-20-21(25)9-6-10-22(20)26/h5-11,16-17H,12-15H2,1-4H3,(H,27,30)/t17-/m1/s1. The summed E-state index contributed by atoms with van der Waals surface area (Å²) in [5.41, 5.74) is 1.69. The van der Waals surface area contributed by atoms with Crippen LogP contribution in [0.25, 0.3) is 0 Å². The van der Waals surface area contributed by atoms with Gasteiger partial charge in [0.15, 0.2) is 0 Å². The van der Waals surface area contributed by atoms with E-state index < -0.39 is 6.04 Å². The number of benzene rings is 2. The molecule has 0 heterocycles. The van der Waals surface area contributed by atoms with Crippen molar-refractivity contribution in [3.05, 3.63) is 63.6 Å². The van der Waals surface area contributed by atoms with Gasteiger partial charge in [-0.25, -0.2) is 0 Å². The molecule has 0 spiro atoms. The Morgan fingerprint density at radius 2 is 1.75 bits per heavy atom. The Morgan fingerprint density at radius 1 is 1.09 bits per heavy atom. The summed E-state index contributed by atoms with van der Waals surface area (Å²) < 4.78 is 5.29. The molecule has 0 bridgehead atoms. The van der Waals surface area contributed by atoms with Crippen LogP contribution >= 0.6 is 35.0 Å². The fraction of sp³-hybridized carbons (Fsp3) is 0.417. The molecule has 8 heteroatoms. The van der Waals surface area contributed by atoms with Crippen LogP contribution < -0.4 is 10.1 Å². The Morgan fingerprint density at radius 3 is 2.38 bits per heavy atom. The number of carbonyl (C=O) groups is 2. The van der Waals surface area contributed by atoms with Gasteiger partial charge in [0.2, 0.25) is 11.8 Å². The Bertz CT molecular complexity index is 904. The number of rotatable bonds is 11. The molecule has 32 heavy (non-hydrogen) atoms. The third-order valence-corrected chi connectivity index (χ3v) is 6.52. The molecule has 2 rings (SSSR count). The second-order valence-corrected chi connectivity index (χ2v) is 9.68. The molecule has 0 aliphatic rings. The predicted molar refractivity (Wildman–Crippen MR) is 133 cm³/mol. The maximum Gasteiger partial charge on any atom is 0.242 e. The summed E-state index contributed by atoms with van der Waals surface area (Å²) in [7, 11) is 1.60. The third-order valence-electron chi connectivity index (χ3n) is 4.87. The normalized spacial score (nSPS) is 11.8. The van der Waals surface area contributed by atoms with Gasteiger partial charge in [-0.15, -0.1) is 11.8 Å². The van der Waals surface area contributed by atoms with Gasteiger partial charge in [0.25, 0.3) is 0 Å². The quantitative estimate of drug-likeness (QED) is 0.450. The first-order valence-corrected chi connectivity index (χ1v) is 12.3. The first-order chi connectivity index (χ1) is 15.2. The molecule has 0 radical (unpaired) electrons. The average Bonchev–Trinajstić information content (AvgIpc) is 2.77. The van der Waals surface area contributed by atoms with Crippen LogP contribution in [-0.2, 0) is 21.9 Å². The van der Waals surface area contributed by atoms with Gasteiger partial charge in [-0.3, -0.25) is 9.59 Å². The molecule has 0 saturated carbocycles. The number of amides is 2. The number of nitrogens with one attached hydrogen (secondary N) is 1. The Kier molecular flexibility index (Phi) is 10.7. The van der Waals surface area contributed by atoms with Crippen LogP contribution in [0, 0.1) is 5.92 Å². The zero-order valence-corrected chi connectivity index (χ0v) is 21.2. The van der Waals surface area contributed by atoms with Crippen LogP contribution in [0.2, 0.25) is 10.0 Å². The second kappa shape index (κ2) is 13.0. The Hall–Kier alpha value is -1.89. The highest BCUT2D eigenvalue weighted by atomic mass is 35.5. The fourth-order valence-corrected chi connectivity index (χ4v) is 4.64. The molecule has 0 aliphatic heterocycles. The Balaban J connectivity index is 2.12. The van der Waals surface area contributed by atoms with Crippen molar-refractivity contribution in [1.82, 2.24) is 10.2 Å². The van der Waals surface area contributed by atoms with Crippen LogP contribution in [0.3, 0.4) is 0 Å². The van der Waals surface area contributed by atoms with Crippen LogP contribution in [0.5, 0.6) is 5.75 Å². The molecule has 2 aromatic rings. The summed E-state index contributed by atoms with van der Waals surface area (Å²) in [6.45, 7) is 6.67. The van der Waals surface area contributed by atoms with E-state index in [9.17, 15) is 9.59 Å². The van der Waals surface area contributed by atoms with E-state index >= 15 is 0 Å². The van der Waals surface area contributed by atoms with Gasteiger partial charge in [-0.05, 0) is 48.2 Å². The van der Waals surface area contributed by atoms with E-state index in [1.165, 1.54) is 11.8 Å². The van der Waals surface area contributed by atoms with Gasteiger partial charge in [0.1, 0.15) is 11.8 Å². The molecule has 2 aromatic carbocycles. The second-order valence-electron chi connectivity index (χ2n) is 7.88. The van der Waals surface area contributed by atoms with Crippen molar-refractivity contribution in [3.63, 3.8) is 0 Å². The Labute approximate surface area is 204 Å². The molecule has 0 aromatic heterocycles. The molecule has 1 N–H and O–H groups in total. The van der Waals surface area contributed by atoms with E-state index in [0.717, 1.165) is 11.1 Å². The number of halogens is 2. The smallest absolute Gasteiger partial charge is 0.242 e. The van der Waals surface area contributed by atoms with Crippen LogP contribution in [0.4, 0.5) is 0 Å². The van der Waals surface area contributed by atoms with Gasteiger partial charge in [-0.1, -0.05) is 55.2 Å². The number of hydrogen-bond donors (Lipinski definition) is 1. The highest BCUT2D eigenvalue weighted by Gasteiger charge is 2.26. The maximum absolute atomic E-state index is 13.2. The summed E-state index contributed by atoms with van der Waals surface area (Å²) in [6.07, 6.45) is 0. The van der Waals surface area contributed by atoms with Gasteiger partial charge in [-0.2, -0.15) is 0 Å². The highest BCUT2D eigenvalue weighted by molar-refractivity contribution is 7.99. The van der Waals surface area contributed by atoms with Gasteiger partial charge in [0, 0.05) is 28.9 Å². The number of carbonyl (C=O) groups excluding carboxylic acids is 2. The van der Waals surface area contributed by atoms with Crippen molar-refractivity contribution in [2.75, 3.05) is 19.4 Å². The minimum Gasteiger partial charge on any atom is -0.497 e. The number of hydrogen-bond acceptors (Lipinski definition) is 4. The van der Waals surface area contributed by atoms with Crippen LogP contribution in [-0.4, -0.2) is 42.2 Å². The molecule has 0 saturated heterocycles. The summed E-state index contributed by atoms with van der Waals surface area (Å²) in [5.74, 6) is 1.43. The van der Waals surface area contributed by atoms with Crippen molar-refractivity contribution in [1.29, 1.82) is 0 Å². The first kappa shape index (κ1) is 26.4. The zero-order valence-electron chi connectivity index (χ0n) is 18.9. The van der Waals surface area contributed by atoms with E-state index in [0.29, 0.717) is 40.6 Å². The molecule has 174 valence electrons. The monoisotopic (exact) mass is 496 g/mol. The molecule has 0 fully saturated rings. The fourth-order valence-electron chi connectivity index (χ4n) is 3.00. The maximum atomic E-state index is 13.2. The van der Waals surface area contributed by atoms with E-state index in [2.05, 4.69) is 5.32 Å². The molecular weight excluding hydrogens is 467 g/mol. The van der Waals surface area contributed by atoms with Crippen LogP contribution in [0.15, 0.2) is 42.5 Å². The van der Waals surface area contributed by atoms with Gasteiger partial charge >= 0.3 is 0 Å². The molecule has 5 nitrogen and oxygen atoms in total. The molecule has 1 atom stereocenters. The zero-order chi connectivity index (χ0) is 23.7. The first-order valence-electron chi connectivity index (χ1n) is 10.4. The predicted octanol–water partition coefficient (Wildman–Crippen LogP) is 5.42. The van der Waals surface area contributed by atoms with Gasteiger partial charge < -0.3 is 15.0 Å². The van der Waals surface area contributed by atoms with E-state index in [4.69, 9.17) is 27.9 Å². The van der Waals surface area contributed by atoms with Gasteiger partial charge in [0.05, 0.1) is 12.9 Å². The average molecular weight is 497 g/mol. The number of methoxy groups -OCH3 is 1. The van der Waals surface area contributed by atoms with Crippen molar-refractivity contribution in [3.8, 4) is 5.75 Å². The van der Waals surface area contributed by atoms with Crippen molar-refractivity contribution < 1.29 is 14.3 Å². The van der Waals surface area contributed by atoms with E-state index in [-0.39, 0.29) is 17.6 Å². The lowest BCUT2D eigenvalue weighted by molar-refractivity contribution is -0.138. The largest absolute Gasteiger partial charge is 0.497 e. The van der Waals surface area contributed by atoms with Crippen molar-refractivity contribution in [2.45, 2.75) is 39.1 Å². The summed E-state index contributed by atoms with van der Waals surface area (Å²) in [5, 5.41) is 4.08. The number of ether oxygens (including phenoxy) is 1. The van der Waals surface area contributed by atoms with E-state index in [1.807, 2.05) is 38.1 Å². The summed E-state index contributed by atoms with van der Waals surface area (Å²) in [6, 6.07) is 12.2. The number of nitrogens with zero attached hydrogens (tertiary/aromatic N) is 1. The minimum absolute atomic E-state index is 0.131. The summed E-state index contributed by atoms with van der Waals surface area (Å²) in [4.78, 5) is 27.5. The highest BCUT2D eigenvalue weighted by Crippen LogP contribution is 2.28. The number of thioether (sulfide) groups is 1. The lowest BCUT2D eigenvalue weighted by Crippen LogP contribution is -2.48. The van der Waals surface area contributed by atoms with E-state index in [1.54, 1.807) is 37.1 Å². The lowest BCUT2D eigenvalue weighted by atomic mass is 10.1.